The van der Waals surface area contributed by atoms with E-state index in [4.69, 9.17) is 5.73 Å². The first kappa shape index (κ1) is 10.5. The van der Waals surface area contributed by atoms with Gasteiger partial charge >= 0.3 is 0 Å². The number of pyridine rings is 1. The zero-order chi connectivity index (χ0) is 9.84. The van der Waals surface area contributed by atoms with Gasteiger partial charge in [0.2, 0.25) is 0 Å². The second-order valence-electron chi connectivity index (χ2n) is 3.03. The fourth-order valence-electron chi connectivity index (χ4n) is 1.11. The van der Waals surface area contributed by atoms with Crippen molar-refractivity contribution in [1.29, 1.82) is 0 Å². The number of hydrogen-bond acceptors (Lipinski definition) is 3. The molecule has 0 fully saturated rings. The van der Waals surface area contributed by atoms with Gasteiger partial charge in [0.15, 0.2) is 0 Å². The molecule has 0 unspecified atom stereocenters. The molecule has 2 N–H and O–H groups in total. The number of halogens is 1. The predicted molar refractivity (Wildman–Crippen MR) is 59.0 cm³/mol. The van der Waals surface area contributed by atoms with Gasteiger partial charge in [0, 0.05) is 26.3 Å². The molecular weight excluding hydrogens is 230 g/mol. The lowest BCUT2D eigenvalue weighted by Gasteiger charge is -2.18. The van der Waals surface area contributed by atoms with Crippen LogP contribution in [0.25, 0.3) is 0 Å². The van der Waals surface area contributed by atoms with Crippen molar-refractivity contribution in [3.05, 3.63) is 22.3 Å². The van der Waals surface area contributed by atoms with Crippen molar-refractivity contribution in [2.24, 2.45) is 5.73 Å². The summed E-state index contributed by atoms with van der Waals surface area (Å²) >= 11 is 3.47. The molecule has 0 aliphatic heterocycles. The van der Waals surface area contributed by atoms with Crippen LogP contribution in [0.2, 0.25) is 0 Å². The maximum absolute atomic E-state index is 5.46. The van der Waals surface area contributed by atoms with Gasteiger partial charge in [-0.15, -0.1) is 0 Å². The van der Waals surface area contributed by atoms with Gasteiger partial charge in [0.05, 0.1) is 4.47 Å². The van der Waals surface area contributed by atoms with Gasteiger partial charge in [-0.25, -0.2) is 4.98 Å². The molecular formula is C9H14BrN3. The Balaban J connectivity index is 2.88. The molecule has 3 nitrogen and oxygen atoms in total. The van der Waals surface area contributed by atoms with Crippen LogP contribution in [0.5, 0.6) is 0 Å². The number of anilines is 1. The van der Waals surface area contributed by atoms with Gasteiger partial charge in [-0.3, -0.25) is 0 Å². The highest BCUT2D eigenvalue weighted by molar-refractivity contribution is 9.10. The Bertz CT molecular complexity index is 288. The molecule has 1 rings (SSSR count). The molecule has 0 saturated heterocycles. The van der Waals surface area contributed by atoms with Crippen LogP contribution < -0.4 is 10.6 Å². The molecule has 72 valence electrons. The van der Waals surface area contributed by atoms with Crippen molar-refractivity contribution in [3.8, 4) is 0 Å². The lowest BCUT2D eigenvalue weighted by molar-refractivity contribution is 0.865. The van der Waals surface area contributed by atoms with E-state index < -0.39 is 0 Å². The molecule has 0 bridgehead atoms. The van der Waals surface area contributed by atoms with Gasteiger partial charge in [0.25, 0.3) is 0 Å². The number of rotatable bonds is 3. The standard InChI is InChI=1S/C9H14BrN3/c1-7-5-8(10)9(12-6-7)13(2)4-3-11/h5-6H,3-4,11H2,1-2H3. The highest BCUT2D eigenvalue weighted by Gasteiger charge is 2.05. The van der Waals surface area contributed by atoms with Crippen molar-refractivity contribution >= 4 is 21.7 Å². The summed E-state index contributed by atoms with van der Waals surface area (Å²) in [5.41, 5.74) is 6.61. The normalized spacial score (nSPS) is 10.2. The summed E-state index contributed by atoms with van der Waals surface area (Å²) in [7, 11) is 1.98. The van der Waals surface area contributed by atoms with E-state index in [0.717, 1.165) is 22.4 Å². The maximum Gasteiger partial charge on any atom is 0.142 e. The number of likely N-dealkylation sites (N-methyl/N-ethyl adjacent to an activating group) is 1. The molecule has 0 aliphatic rings. The zero-order valence-corrected chi connectivity index (χ0v) is 9.50. The van der Waals surface area contributed by atoms with Crippen LogP contribution in [0.15, 0.2) is 16.7 Å². The third-order valence-corrected chi connectivity index (χ3v) is 2.37. The first-order valence-corrected chi connectivity index (χ1v) is 4.98. The minimum atomic E-state index is 0.637. The topological polar surface area (TPSA) is 42.2 Å². The average Bonchev–Trinajstić information content (AvgIpc) is 2.04. The highest BCUT2D eigenvalue weighted by atomic mass is 79.9. The van der Waals surface area contributed by atoms with E-state index in [1.165, 1.54) is 0 Å². The van der Waals surface area contributed by atoms with Gasteiger partial charge in [-0.2, -0.15) is 0 Å². The summed E-state index contributed by atoms with van der Waals surface area (Å²) in [6.07, 6.45) is 1.85. The second-order valence-corrected chi connectivity index (χ2v) is 3.88. The molecule has 13 heavy (non-hydrogen) atoms. The van der Waals surface area contributed by atoms with Crippen molar-refractivity contribution in [1.82, 2.24) is 4.98 Å². The van der Waals surface area contributed by atoms with Crippen LogP contribution >= 0.6 is 15.9 Å². The van der Waals surface area contributed by atoms with Gasteiger partial charge in [-0.1, -0.05) is 0 Å². The van der Waals surface area contributed by atoms with Crippen LogP contribution in [0.4, 0.5) is 5.82 Å². The molecule has 0 saturated carbocycles. The quantitative estimate of drug-likeness (QED) is 0.877. The molecule has 0 spiro atoms. The van der Waals surface area contributed by atoms with Crippen LogP contribution in [-0.2, 0) is 0 Å². The van der Waals surface area contributed by atoms with Crippen molar-refractivity contribution in [2.45, 2.75) is 6.92 Å². The van der Waals surface area contributed by atoms with Crippen molar-refractivity contribution in [2.75, 3.05) is 25.0 Å². The summed E-state index contributed by atoms with van der Waals surface area (Å²) in [5.74, 6) is 0.941. The fraction of sp³-hybridized carbons (Fsp3) is 0.444. The van der Waals surface area contributed by atoms with Gasteiger partial charge < -0.3 is 10.6 Å². The van der Waals surface area contributed by atoms with Crippen molar-refractivity contribution in [3.63, 3.8) is 0 Å². The molecule has 0 aromatic carbocycles. The van der Waals surface area contributed by atoms with Crippen LogP contribution in [0.1, 0.15) is 5.56 Å². The smallest absolute Gasteiger partial charge is 0.142 e. The molecule has 1 aromatic rings. The molecule has 1 heterocycles. The largest absolute Gasteiger partial charge is 0.357 e. The maximum atomic E-state index is 5.46. The number of hydrogen-bond donors (Lipinski definition) is 1. The number of aromatic nitrogens is 1. The Morgan fingerprint density at radius 1 is 1.62 bits per heavy atom. The van der Waals surface area contributed by atoms with E-state index in [1.54, 1.807) is 0 Å². The molecule has 4 heteroatoms. The summed E-state index contributed by atoms with van der Waals surface area (Å²) < 4.78 is 1.02. The van der Waals surface area contributed by atoms with E-state index in [1.807, 2.05) is 25.1 Å². The van der Waals surface area contributed by atoms with E-state index >= 15 is 0 Å². The van der Waals surface area contributed by atoms with Crippen LogP contribution in [-0.4, -0.2) is 25.1 Å². The third-order valence-electron chi connectivity index (χ3n) is 1.78. The van der Waals surface area contributed by atoms with E-state index in [-0.39, 0.29) is 0 Å². The second kappa shape index (κ2) is 4.58. The van der Waals surface area contributed by atoms with Gasteiger partial charge in [-0.05, 0) is 34.5 Å². The summed E-state index contributed by atoms with van der Waals surface area (Å²) in [4.78, 5) is 6.35. The van der Waals surface area contributed by atoms with Crippen LogP contribution in [0, 0.1) is 6.92 Å². The first-order valence-electron chi connectivity index (χ1n) is 4.18. The minimum Gasteiger partial charge on any atom is -0.357 e. The summed E-state index contributed by atoms with van der Waals surface area (Å²) in [5, 5.41) is 0. The molecule has 0 radical (unpaired) electrons. The van der Waals surface area contributed by atoms with E-state index in [0.29, 0.717) is 6.54 Å². The molecule has 0 aliphatic carbocycles. The number of aryl methyl sites for hydroxylation is 1. The zero-order valence-electron chi connectivity index (χ0n) is 7.92. The predicted octanol–water partition coefficient (Wildman–Crippen LogP) is 1.55. The Morgan fingerprint density at radius 2 is 2.31 bits per heavy atom. The lowest BCUT2D eigenvalue weighted by atomic mass is 10.3. The molecule has 0 atom stereocenters. The summed E-state index contributed by atoms with van der Waals surface area (Å²) in [6, 6.07) is 2.05. The highest BCUT2D eigenvalue weighted by Crippen LogP contribution is 2.22. The SMILES string of the molecule is Cc1cnc(N(C)CCN)c(Br)c1. The van der Waals surface area contributed by atoms with Crippen molar-refractivity contribution < 1.29 is 0 Å². The van der Waals surface area contributed by atoms with Gasteiger partial charge in [0.1, 0.15) is 5.82 Å². The fourth-order valence-corrected chi connectivity index (χ4v) is 1.87. The third kappa shape index (κ3) is 2.67. The molecule has 0 amide bonds. The van der Waals surface area contributed by atoms with E-state index in [9.17, 15) is 0 Å². The van der Waals surface area contributed by atoms with E-state index in [2.05, 4.69) is 27.0 Å². The van der Waals surface area contributed by atoms with Crippen LogP contribution in [0.3, 0.4) is 0 Å². The number of nitrogens with zero attached hydrogens (tertiary/aromatic N) is 2. The minimum absolute atomic E-state index is 0.637. The first-order chi connectivity index (χ1) is 6.15. The Hall–Kier alpha value is -0.610. The number of nitrogens with two attached hydrogens (primary N) is 1. The Morgan fingerprint density at radius 3 is 2.85 bits per heavy atom. The average molecular weight is 244 g/mol. The Kier molecular flexibility index (Phi) is 3.69. The lowest BCUT2D eigenvalue weighted by Crippen LogP contribution is -2.26. The monoisotopic (exact) mass is 243 g/mol. The Labute approximate surface area is 87.1 Å². The summed E-state index contributed by atoms with van der Waals surface area (Å²) in [6.45, 7) is 3.47. The molecule has 1 aromatic heterocycles.